The number of morpholine rings is 1. The Morgan fingerprint density at radius 3 is 2.39 bits per heavy atom. The highest BCUT2D eigenvalue weighted by Gasteiger charge is 2.34. The third-order valence-electron chi connectivity index (χ3n) is 6.35. The summed E-state index contributed by atoms with van der Waals surface area (Å²) in [5, 5.41) is 0. The van der Waals surface area contributed by atoms with E-state index in [0.717, 1.165) is 66.8 Å². The molecule has 0 saturated carbocycles. The van der Waals surface area contributed by atoms with Gasteiger partial charge in [0.05, 0.1) is 19.8 Å². The average molecular weight is 447 g/mol. The van der Waals surface area contributed by atoms with Crippen LogP contribution in [0.3, 0.4) is 0 Å². The van der Waals surface area contributed by atoms with Crippen LogP contribution in [-0.4, -0.2) is 39.5 Å². The van der Waals surface area contributed by atoms with E-state index in [9.17, 15) is 4.39 Å². The van der Waals surface area contributed by atoms with Gasteiger partial charge in [-0.3, -0.25) is 0 Å². The predicted molar refractivity (Wildman–Crippen MR) is 126 cm³/mol. The lowest BCUT2D eigenvalue weighted by molar-refractivity contribution is -0.903. The van der Waals surface area contributed by atoms with Gasteiger partial charge >= 0.3 is 0 Å². The van der Waals surface area contributed by atoms with Gasteiger partial charge in [-0.15, -0.1) is 0 Å². The molecule has 0 aromatic heterocycles. The van der Waals surface area contributed by atoms with Gasteiger partial charge in [-0.25, -0.2) is 4.39 Å². The Bertz CT molecular complexity index is 1120. The third kappa shape index (κ3) is 4.65. The molecule has 1 saturated heterocycles. The molecule has 170 valence electrons. The largest absolute Gasteiger partial charge is 0.494 e. The highest BCUT2D eigenvalue weighted by molar-refractivity contribution is 5.72. The maximum atomic E-state index is 13.8. The van der Waals surface area contributed by atoms with Gasteiger partial charge in [0.25, 0.3) is 0 Å². The highest BCUT2D eigenvalue weighted by Crippen LogP contribution is 2.45. The first-order chi connectivity index (χ1) is 16.2. The summed E-state index contributed by atoms with van der Waals surface area (Å²) in [6.45, 7) is 6.88. The van der Waals surface area contributed by atoms with Crippen molar-refractivity contribution >= 4 is 5.76 Å². The van der Waals surface area contributed by atoms with Crippen LogP contribution >= 0.6 is 0 Å². The van der Waals surface area contributed by atoms with Crippen molar-refractivity contribution in [2.24, 2.45) is 0 Å². The van der Waals surface area contributed by atoms with Crippen molar-refractivity contribution in [2.75, 3.05) is 39.5 Å². The quantitative estimate of drug-likeness (QED) is 0.620. The Hall–Kier alpha value is -3.15. The van der Waals surface area contributed by atoms with Crippen LogP contribution in [0.15, 0.2) is 78.4 Å². The predicted octanol–water partition coefficient (Wildman–Crippen LogP) is 4.08. The summed E-state index contributed by atoms with van der Waals surface area (Å²) in [7, 11) is 0. The molecule has 0 spiro atoms. The van der Waals surface area contributed by atoms with Crippen LogP contribution in [0.2, 0.25) is 0 Å². The summed E-state index contributed by atoms with van der Waals surface area (Å²) in [5.41, 5.74) is 4.41. The lowest BCUT2D eigenvalue weighted by Gasteiger charge is -2.34. The molecular weight excluding hydrogens is 417 g/mol. The minimum atomic E-state index is -0.227. The fraction of sp³-hybridized carbons (Fsp3) is 0.286. The minimum absolute atomic E-state index is 0.00698. The molecule has 3 aromatic rings. The van der Waals surface area contributed by atoms with Gasteiger partial charge in [-0.1, -0.05) is 30.3 Å². The summed E-state index contributed by atoms with van der Waals surface area (Å²) in [5.74, 6) is 2.33. The molecular formula is C28H29FNO3+. The fourth-order valence-electron chi connectivity index (χ4n) is 4.74. The number of rotatable bonds is 6. The van der Waals surface area contributed by atoms with Gasteiger partial charge in [-0.05, 0) is 55.0 Å². The molecule has 0 unspecified atom stereocenters. The van der Waals surface area contributed by atoms with Crippen molar-refractivity contribution in [2.45, 2.75) is 12.8 Å². The van der Waals surface area contributed by atoms with Crippen LogP contribution in [0.1, 0.15) is 29.5 Å². The first-order valence-corrected chi connectivity index (χ1v) is 11.6. The molecule has 2 aliphatic rings. The van der Waals surface area contributed by atoms with Crippen molar-refractivity contribution in [3.05, 3.63) is 101 Å². The van der Waals surface area contributed by atoms with Gasteiger partial charge in [0, 0.05) is 22.6 Å². The first-order valence-electron chi connectivity index (χ1n) is 11.6. The Morgan fingerprint density at radius 1 is 0.939 bits per heavy atom. The van der Waals surface area contributed by atoms with Gasteiger partial charge < -0.3 is 19.1 Å². The molecule has 33 heavy (non-hydrogen) atoms. The lowest BCUT2D eigenvalue weighted by Crippen LogP contribution is -3.14. The molecule has 0 amide bonds. The van der Waals surface area contributed by atoms with Crippen molar-refractivity contribution in [3.8, 4) is 11.5 Å². The monoisotopic (exact) mass is 446 g/mol. The maximum Gasteiger partial charge on any atom is 0.140 e. The van der Waals surface area contributed by atoms with E-state index in [1.54, 1.807) is 12.1 Å². The molecule has 3 aromatic carbocycles. The third-order valence-corrected chi connectivity index (χ3v) is 6.35. The summed E-state index contributed by atoms with van der Waals surface area (Å²) >= 11 is 0. The molecule has 1 atom stereocenters. The number of hydrogen-bond acceptors (Lipinski definition) is 3. The average Bonchev–Trinajstić information content (AvgIpc) is 2.86. The molecule has 5 rings (SSSR count). The second kappa shape index (κ2) is 9.77. The number of quaternary nitrogens is 1. The van der Waals surface area contributed by atoms with Gasteiger partial charge in [0.15, 0.2) is 0 Å². The minimum Gasteiger partial charge on any atom is -0.494 e. The van der Waals surface area contributed by atoms with Crippen LogP contribution in [0.4, 0.5) is 4.39 Å². The first kappa shape index (κ1) is 21.7. The normalized spacial score (nSPS) is 18.5. The van der Waals surface area contributed by atoms with Gasteiger partial charge in [-0.2, -0.15) is 0 Å². The molecule has 5 heteroatoms. The smallest absolute Gasteiger partial charge is 0.140 e. The Balaban J connectivity index is 1.64. The van der Waals surface area contributed by atoms with E-state index >= 15 is 0 Å². The summed E-state index contributed by atoms with van der Waals surface area (Å²) in [6, 6.07) is 23.1. The molecule has 0 radical (unpaired) electrons. The van der Waals surface area contributed by atoms with Crippen LogP contribution in [0.5, 0.6) is 11.5 Å². The molecule has 4 nitrogen and oxygen atoms in total. The van der Waals surface area contributed by atoms with E-state index in [2.05, 4.69) is 18.2 Å². The Kier molecular flexibility index (Phi) is 6.42. The molecule has 1 fully saturated rings. The van der Waals surface area contributed by atoms with Crippen molar-refractivity contribution in [3.63, 3.8) is 0 Å². The summed E-state index contributed by atoms with van der Waals surface area (Å²) < 4.78 is 31.6. The number of hydrogen-bond donors (Lipinski definition) is 1. The SMILES string of the molecule is CCOc1ccc(C2=C(C[NH+]3CCOCC3)[C@H](c3ccc(F)cc3)c3ccccc3O2)cc1. The maximum absolute atomic E-state index is 13.8. The van der Waals surface area contributed by atoms with E-state index < -0.39 is 0 Å². The topological polar surface area (TPSA) is 32.1 Å². The lowest BCUT2D eigenvalue weighted by atomic mass is 9.81. The van der Waals surface area contributed by atoms with Crippen LogP contribution in [-0.2, 0) is 4.74 Å². The molecule has 2 aliphatic heterocycles. The fourth-order valence-corrected chi connectivity index (χ4v) is 4.74. The van der Waals surface area contributed by atoms with Crippen LogP contribution in [0.25, 0.3) is 5.76 Å². The van der Waals surface area contributed by atoms with Crippen molar-refractivity contribution in [1.82, 2.24) is 0 Å². The molecule has 2 heterocycles. The zero-order chi connectivity index (χ0) is 22.6. The van der Waals surface area contributed by atoms with Crippen molar-refractivity contribution in [1.29, 1.82) is 0 Å². The second-order valence-electron chi connectivity index (χ2n) is 8.48. The molecule has 0 aliphatic carbocycles. The highest BCUT2D eigenvalue weighted by atomic mass is 19.1. The Morgan fingerprint density at radius 2 is 1.67 bits per heavy atom. The Labute approximate surface area is 194 Å². The molecule has 1 N–H and O–H groups in total. The number of para-hydroxylation sites is 1. The molecule has 0 bridgehead atoms. The van der Waals surface area contributed by atoms with E-state index in [1.807, 2.05) is 49.4 Å². The van der Waals surface area contributed by atoms with E-state index in [0.29, 0.717) is 6.61 Å². The van der Waals surface area contributed by atoms with Crippen molar-refractivity contribution < 1.29 is 23.5 Å². The number of fused-ring (bicyclic) bond motifs is 1. The number of nitrogens with one attached hydrogen (secondary N) is 1. The zero-order valence-electron chi connectivity index (χ0n) is 18.9. The van der Waals surface area contributed by atoms with Crippen LogP contribution < -0.4 is 14.4 Å². The summed E-state index contributed by atoms with van der Waals surface area (Å²) in [4.78, 5) is 1.47. The standard InChI is InChI=1S/C28H28FNO3/c1-2-32-23-13-9-21(10-14-23)28-25(19-30-15-17-31-18-16-30)27(20-7-11-22(29)12-8-20)24-5-3-4-6-26(24)33-28/h3-14,27H,2,15-19H2,1H3/p+1/t27-/m1/s1. The van der Waals surface area contributed by atoms with E-state index in [4.69, 9.17) is 14.2 Å². The zero-order valence-corrected chi connectivity index (χ0v) is 18.9. The van der Waals surface area contributed by atoms with Gasteiger partial charge in [0.1, 0.15) is 42.7 Å². The van der Waals surface area contributed by atoms with Gasteiger partial charge in [0.2, 0.25) is 0 Å². The number of halogens is 1. The van der Waals surface area contributed by atoms with E-state index in [1.165, 1.54) is 10.5 Å². The van der Waals surface area contributed by atoms with E-state index in [-0.39, 0.29) is 11.7 Å². The number of ether oxygens (including phenoxy) is 3. The van der Waals surface area contributed by atoms with Crippen LogP contribution in [0, 0.1) is 5.82 Å². The second-order valence-corrected chi connectivity index (χ2v) is 8.48. The summed E-state index contributed by atoms with van der Waals surface area (Å²) in [6.07, 6.45) is 0. The number of benzene rings is 3.